The maximum Gasteiger partial charge on any atom is 0.0178 e. The molecular weight excluding hydrogens is 158 g/mol. The van der Waals surface area contributed by atoms with Crippen LogP contribution in [0.1, 0.15) is 25.0 Å². The zero-order chi connectivity index (χ0) is 9.84. The first-order valence-corrected chi connectivity index (χ1v) is 4.63. The lowest BCUT2D eigenvalue weighted by Gasteiger charge is -2.09. The minimum absolute atomic E-state index is 0.503. The van der Waals surface area contributed by atoms with Gasteiger partial charge in [-0.1, -0.05) is 44.7 Å². The van der Waals surface area contributed by atoms with E-state index >= 15 is 0 Å². The molecule has 0 spiro atoms. The van der Waals surface area contributed by atoms with Crippen LogP contribution in [0.5, 0.6) is 0 Å². The van der Waals surface area contributed by atoms with Gasteiger partial charge in [-0.25, -0.2) is 0 Å². The molecule has 0 saturated heterocycles. The summed E-state index contributed by atoms with van der Waals surface area (Å²) in [6, 6.07) is 8.29. The van der Waals surface area contributed by atoms with Gasteiger partial charge in [-0.15, -0.1) is 0 Å². The van der Waals surface area contributed by atoms with Gasteiger partial charge in [0.2, 0.25) is 0 Å². The Bertz CT molecular complexity index is 282. The Morgan fingerprint density at radius 3 is 2.23 bits per heavy atom. The molecule has 0 aliphatic rings. The van der Waals surface area contributed by atoms with Crippen LogP contribution >= 0.6 is 0 Å². The van der Waals surface area contributed by atoms with E-state index in [4.69, 9.17) is 5.73 Å². The van der Waals surface area contributed by atoms with Gasteiger partial charge in [0, 0.05) is 6.54 Å². The van der Waals surface area contributed by atoms with Crippen LogP contribution in [-0.4, -0.2) is 0 Å². The molecule has 0 fully saturated rings. The monoisotopic (exact) mass is 175 g/mol. The van der Waals surface area contributed by atoms with Gasteiger partial charge in [-0.3, -0.25) is 0 Å². The lowest BCUT2D eigenvalue weighted by molar-refractivity contribution is 0.857. The first-order valence-electron chi connectivity index (χ1n) is 4.63. The summed E-state index contributed by atoms with van der Waals surface area (Å²) in [7, 11) is 0. The van der Waals surface area contributed by atoms with Crippen molar-refractivity contribution in [2.24, 2.45) is 11.7 Å². The molecule has 13 heavy (non-hydrogen) atoms. The summed E-state index contributed by atoms with van der Waals surface area (Å²) in [5.74, 6) is 0.503. The molecule has 1 heteroatoms. The van der Waals surface area contributed by atoms with Gasteiger partial charge >= 0.3 is 0 Å². The van der Waals surface area contributed by atoms with E-state index in [0.717, 1.165) is 0 Å². The molecule has 0 amide bonds. The molecule has 0 unspecified atom stereocenters. The van der Waals surface area contributed by atoms with Crippen LogP contribution in [-0.2, 0) is 6.54 Å². The van der Waals surface area contributed by atoms with Crippen LogP contribution in [0.3, 0.4) is 0 Å². The van der Waals surface area contributed by atoms with E-state index in [1.54, 1.807) is 0 Å². The van der Waals surface area contributed by atoms with Crippen LogP contribution in [0, 0.1) is 5.92 Å². The molecule has 1 aromatic rings. The zero-order valence-corrected chi connectivity index (χ0v) is 8.38. The van der Waals surface area contributed by atoms with Gasteiger partial charge in [0.05, 0.1) is 0 Å². The van der Waals surface area contributed by atoms with Crippen molar-refractivity contribution in [1.82, 2.24) is 0 Å². The van der Waals surface area contributed by atoms with Gasteiger partial charge in [0.1, 0.15) is 0 Å². The fraction of sp³-hybridized carbons (Fsp3) is 0.333. The number of nitrogens with two attached hydrogens (primary N) is 1. The number of hydrogen-bond donors (Lipinski definition) is 1. The van der Waals surface area contributed by atoms with Crippen LogP contribution in [0.25, 0.3) is 5.57 Å². The highest BCUT2D eigenvalue weighted by molar-refractivity contribution is 5.64. The van der Waals surface area contributed by atoms with Gasteiger partial charge < -0.3 is 5.73 Å². The summed E-state index contributed by atoms with van der Waals surface area (Å²) in [5, 5.41) is 0. The predicted octanol–water partition coefficient (Wildman–Crippen LogP) is 2.81. The highest BCUT2D eigenvalue weighted by Gasteiger charge is 2.02. The van der Waals surface area contributed by atoms with Crippen LogP contribution < -0.4 is 5.73 Å². The molecule has 0 aliphatic carbocycles. The Balaban J connectivity index is 2.86. The first-order chi connectivity index (χ1) is 6.15. The van der Waals surface area contributed by atoms with Crippen molar-refractivity contribution in [2.75, 3.05) is 0 Å². The Hall–Kier alpha value is -1.08. The second kappa shape index (κ2) is 4.24. The molecule has 2 N–H and O–H groups in total. The summed E-state index contributed by atoms with van der Waals surface area (Å²) in [6.07, 6.45) is 0. The third kappa shape index (κ3) is 2.43. The van der Waals surface area contributed by atoms with E-state index in [0.29, 0.717) is 12.5 Å². The van der Waals surface area contributed by atoms with Crippen molar-refractivity contribution in [3.63, 3.8) is 0 Å². The highest BCUT2D eigenvalue weighted by Crippen LogP contribution is 2.20. The molecule has 70 valence electrons. The first kappa shape index (κ1) is 10.0. The fourth-order valence-corrected chi connectivity index (χ4v) is 1.19. The van der Waals surface area contributed by atoms with Gasteiger partial charge in [0.25, 0.3) is 0 Å². The van der Waals surface area contributed by atoms with E-state index in [1.807, 2.05) is 0 Å². The van der Waals surface area contributed by atoms with Gasteiger partial charge in [-0.2, -0.15) is 0 Å². The maximum atomic E-state index is 5.51. The lowest BCUT2D eigenvalue weighted by atomic mass is 9.96. The normalized spacial score (nSPS) is 10.5. The van der Waals surface area contributed by atoms with E-state index in [2.05, 4.69) is 44.7 Å². The average Bonchev–Trinajstić information content (AvgIpc) is 2.17. The molecule has 1 rings (SSSR count). The quantitative estimate of drug-likeness (QED) is 0.751. The smallest absolute Gasteiger partial charge is 0.0178 e. The lowest BCUT2D eigenvalue weighted by Crippen LogP contribution is -1.97. The largest absolute Gasteiger partial charge is 0.326 e. The molecule has 1 aromatic carbocycles. The predicted molar refractivity (Wildman–Crippen MR) is 58.2 cm³/mol. The second-order valence-electron chi connectivity index (χ2n) is 3.58. The van der Waals surface area contributed by atoms with Gasteiger partial charge in [-0.05, 0) is 22.6 Å². The van der Waals surface area contributed by atoms with Crippen molar-refractivity contribution in [3.8, 4) is 0 Å². The van der Waals surface area contributed by atoms with E-state index in [-0.39, 0.29) is 0 Å². The summed E-state index contributed by atoms with van der Waals surface area (Å²) >= 11 is 0. The van der Waals surface area contributed by atoms with Crippen molar-refractivity contribution in [3.05, 3.63) is 42.0 Å². The van der Waals surface area contributed by atoms with Crippen LogP contribution in [0.2, 0.25) is 0 Å². The fourth-order valence-electron chi connectivity index (χ4n) is 1.19. The number of rotatable bonds is 3. The summed E-state index contributed by atoms with van der Waals surface area (Å²) in [5.41, 5.74) is 9.08. The average molecular weight is 175 g/mol. The summed E-state index contributed by atoms with van der Waals surface area (Å²) < 4.78 is 0. The van der Waals surface area contributed by atoms with Crippen molar-refractivity contribution >= 4 is 5.57 Å². The zero-order valence-electron chi connectivity index (χ0n) is 8.38. The van der Waals surface area contributed by atoms with E-state index in [9.17, 15) is 0 Å². The Morgan fingerprint density at radius 2 is 1.85 bits per heavy atom. The topological polar surface area (TPSA) is 26.0 Å². The molecule has 0 radical (unpaired) electrons. The highest BCUT2D eigenvalue weighted by atomic mass is 14.5. The number of allylic oxidation sites excluding steroid dienone is 1. The minimum Gasteiger partial charge on any atom is -0.326 e. The summed E-state index contributed by atoms with van der Waals surface area (Å²) in [4.78, 5) is 0. The maximum absolute atomic E-state index is 5.51. The van der Waals surface area contributed by atoms with E-state index in [1.165, 1.54) is 16.7 Å². The molecule has 0 bridgehead atoms. The molecule has 0 saturated carbocycles. The summed E-state index contributed by atoms with van der Waals surface area (Å²) in [6.45, 7) is 8.96. The Morgan fingerprint density at radius 1 is 1.31 bits per heavy atom. The van der Waals surface area contributed by atoms with Crippen molar-refractivity contribution in [1.29, 1.82) is 0 Å². The Labute approximate surface area is 80.3 Å². The molecule has 0 aliphatic heterocycles. The number of hydrogen-bond acceptors (Lipinski definition) is 1. The van der Waals surface area contributed by atoms with Crippen LogP contribution in [0.15, 0.2) is 30.8 Å². The third-order valence-electron chi connectivity index (χ3n) is 2.26. The molecule has 0 heterocycles. The number of benzene rings is 1. The minimum atomic E-state index is 0.503. The van der Waals surface area contributed by atoms with Crippen molar-refractivity contribution < 1.29 is 0 Å². The van der Waals surface area contributed by atoms with E-state index < -0.39 is 0 Å². The molecular formula is C12H17N. The SMILES string of the molecule is C=C(c1ccc(CN)cc1)C(C)C. The standard InChI is InChI=1S/C12H17N/c1-9(2)10(3)12-6-4-11(8-13)5-7-12/h4-7,9H,3,8,13H2,1-2H3. The third-order valence-corrected chi connectivity index (χ3v) is 2.26. The van der Waals surface area contributed by atoms with Gasteiger partial charge in [0.15, 0.2) is 0 Å². The molecule has 1 nitrogen and oxygen atoms in total. The van der Waals surface area contributed by atoms with Crippen molar-refractivity contribution in [2.45, 2.75) is 20.4 Å². The van der Waals surface area contributed by atoms with Crippen LogP contribution in [0.4, 0.5) is 0 Å². The molecule has 0 atom stereocenters. The molecule has 0 aromatic heterocycles. The Kier molecular flexibility index (Phi) is 3.26. The second-order valence-corrected chi connectivity index (χ2v) is 3.58.